The molecular weight excluding hydrogens is 174 g/mol. The van der Waals surface area contributed by atoms with Crippen molar-refractivity contribution in [1.29, 1.82) is 5.41 Å². The molecule has 0 spiro atoms. The van der Waals surface area contributed by atoms with E-state index in [1.165, 1.54) is 25.7 Å². The standard InChI is InChI=1S/C11H21N3/c1-8(12)13(2)11-6-9-4-5-10(7-11)14(9)3/h9-12H,4-7H2,1-3H3. The fourth-order valence-electron chi connectivity index (χ4n) is 2.97. The van der Waals surface area contributed by atoms with E-state index in [1.807, 2.05) is 6.92 Å². The molecule has 2 bridgehead atoms. The van der Waals surface area contributed by atoms with E-state index >= 15 is 0 Å². The lowest BCUT2D eigenvalue weighted by molar-refractivity contribution is 0.120. The van der Waals surface area contributed by atoms with Crippen LogP contribution in [0, 0.1) is 5.41 Å². The highest BCUT2D eigenvalue weighted by atomic mass is 15.2. The number of amidine groups is 1. The summed E-state index contributed by atoms with van der Waals surface area (Å²) in [5, 5.41) is 7.65. The van der Waals surface area contributed by atoms with Gasteiger partial charge in [0.05, 0.1) is 5.84 Å². The first-order chi connectivity index (χ1) is 6.59. The molecule has 2 saturated heterocycles. The Bertz CT molecular complexity index is 225. The summed E-state index contributed by atoms with van der Waals surface area (Å²) >= 11 is 0. The topological polar surface area (TPSA) is 30.3 Å². The molecule has 2 rings (SSSR count). The highest BCUT2D eigenvalue weighted by Gasteiger charge is 2.39. The summed E-state index contributed by atoms with van der Waals surface area (Å²) in [6.45, 7) is 1.89. The van der Waals surface area contributed by atoms with Crippen LogP contribution < -0.4 is 0 Å². The van der Waals surface area contributed by atoms with Gasteiger partial charge in [-0.1, -0.05) is 0 Å². The maximum Gasteiger partial charge on any atom is 0.0925 e. The van der Waals surface area contributed by atoms with E-state index in [9.17, 15) is 0 Å². The molecule has 2 heterocycles. The SMILES string of the molecule is CC(=N)N(C)C1CC2CCC(C1)N2C. The molecule has 3 nitrogen and oxygen atoms in total. The molecule has 2 unspecified atom stereocenters. The fraction of sp³-hybridized carbons (Fsp3) is 0.909. The van der Waals surface area contributed by atoms with Crippen LogP contribution in [0.1, 0.15) is 32.6 Å². The van der Waals surface area contributed by atoms with Gasteiger partial charge < -0.3 is 9.80 Å². The van der Waals surface area contributed by atoms with Gasteiger partial charge >= 0.3 is 0 Å². The van der Waals surface area contributed by atoms with Crippen molar-refractivity contribution >= 4 is 5.84 Å². The number of hydrogen-bond acceptors (Lipinski definition) is 2. The van der Waals surface area contributed by atoms with Gasteiger partial charge in [0, 0.05) is 25.2 Å². The predicted octanol–water partition coefficient (Wildman–Crippen LogP) is 1.54. The monoisotopic (exact) mass is 195 g/mol. The largest absolute Gasteiger partial charge is 0.361 e. The van der Waals surface area contributed by atoms with E-state index in [4.69, 9.17) is 5.41 Å². The van der Waals surface area contributed by atoms with Crippen LogP contribution in [0.5, 0.6) is 0 Å². The lowest BCUT2D eigenvalue weighted by Crippen LogP contribution is -2.48. The summed E-state index contributed by atoms with van der Waals surface area (Å²) in [4.78, 5) is 4.70. The molecule has 0 saturated carbocycles. The molecule has 3 heteroatoms. The average Bonchev–Trinajstić information content (AvgIpc) is 2.42. The second-order valence-electron chi connectivity index (χ2n) is 4.87. The van der Waals surface area contributed by atoms with Gasteiger partial charge in [-0.25, -0.2) is 0 Å². The van der Waals surface area contributed by atoms with Gasteiger partial charge in [-0.05, 0) is 39.7 Å². The molecule has 0 radical (unpaired) electrons. The van der Waals surface area contributed by atoms with E-state index in [2.05, 4.69) is 23.9 Å². The van der Waals surface area contributed by atoms with Crippen molar-refractivity contribution < 1.29 is 0 Å². The minimum Gasteiger partial charge on any atom is -0.361 e. The Labute approximate surface area is 86.6 Å². The number of nitrogens with one attached hydrogen (secondary N) is 1. The van der Waals surface area contributed by atoms with Crippen molar-refractivity contribution in [2.75, 3.05) is 14.1 Å². The minimum absolute atomic E-state index is 0.612. The quantitative estimate of drug-likeness (QED) is 0.508. The lowest BCUT2D eigenvalue weighted by Gasteiger charge is -2.40. The van der Waals surface area contributed by atoms with Crippen molar-refractivity contribution in [3.63, 3.8) is 0 Å². The van der Waals surface area contributed by atoms with Crippen LogP contribution in [0.25, 0.3) is 0 Å². The zero-order valence-corrected chi connectivity index (χ0v) is 9.45. The summed E-state index contributed by atoms with van der Waals surface area (Å²) in [7, 11) is 4.33. The Morgan fingerprint density at radius 2 is 1.79 bits per heavy atom. The Morgan fingerprint density at radius 1 is 1.29 bits per heavy atom. The van der Waals surface area contributed by atoms with Crippen LogP contribution in [-0.4, -0.2) is 47.9 Å². The van der Waals surface area contributed by atoms with E-state index in [0.717, 1.165) is 12.1 Å². The van der Waals surface area contributed by atoms with Gasteiger partial charge in [0.1, 0.15) is 0 Å². The van der Waals surface area contributed by atoms with Crippen molar-refractivity contribution in [2.24, 2.45) is 0 Å². The van der Waals surface area contributed by atoms with E-state index in [-0.39, 0.29) is 0 Å². The van der Waals surface area contributed by atoms with Crippen LogP contribution in [0.4, 0.5) is 0 Å². The number of rotatable bonds is 1. The average molecular weight is 195 g/mol. The number of hydrogen-bond donors (Lipinski definition) is 1. The third-order valence-electron chi connectivity index (χ3n) is 4.15. The van der Waals surface area contributed by atoms with Gasteiger partial charge in [0.25, 0.3) is 0 Å². The normalized spacial score (nSPS) is 37.2. The molecule has 0 aromatic heterocycles. The van der Waals surface area contributed by atoms with Crippen molar-refractivity contribution in [2.45, 2.75) is 50.7 Å². The van der Waals surface area contributed by atoms with E-state index in [0.29, 0.717) is 11.9 Å². The molecule has 14 heavy (non-hydrogen) atoms. The zero-order valence-electron chi connectivity index (χ0n) is 9.45. The Balaban J connectivity index is 2.02. The smallest absolute Gasteiger partial charge is 0.0925 e. The molecule has 2 atom stereocenters. The van der Waals surface area contributed by atoms with E-state index < -0.39 is 0 Å². The first-order valence-corrected chi connectivity index (χ1v) is 5.59. The predicted molar refractivity (Wildman–Crippen MR) is 58.8 cm³/mol. The van der Waals surface area contributed by atoms with Gasteiger partial charge in [0.15, 0.2) is 0 Å². The minimum atomic E-state index is 0.612. The molecular formula is C11H21N3. The number of nitrogens with zero attached hydrogens (tertiary/aromatic N) is 2. The highest BCUT2D eigenvalue weighted by Crippen LogP contribution is 2.35. The van der Waals surface area contributed by atoms with Crippen LogP contribution >= 0.6 is 0 Å². The summed E-state index contributed by atoms with van der Waals surface area (Å²) in [5.74, 6) is 0.707. The summed E-state index contributed by atoms with van der Waals surface area (Å²) in [6, 6.07) is 2.17. The Morgan fingerprint density at radius 3 is 2.21 bits per heavy atom. The van der Waals surface area contributed by atoms with Gasteiger partial charge in [-0.3, -0.25) is 5.41 Å². The molecule has 2 fully saturated rings. The third-order valence-corrected chi connectivity index (χ3v) is 4.15. The van der Waals surface area contributed by atoms with Crippen LogP contribution in [0.15, 0.2) is 0 Å². The van der Waals surface area contributed by atoms with Crippen LogP contribution in [-0.2, 0) is 0 Å². The van der Waals surface area contributed by atoms with Gasteiger partial charge in [0.2, 0.25) is 0 Å². The van der Waals surface area contributed by atoms with Crippen LogP contribution in [0.2, 0.25) is 0 Å². The van der Waals surface area contributed by atoms with Crippen LogP contribution in [0.3, 0.4) is 0 Å². The fourth-order valence-corrected chi connectivity index (χ4v) is 2.97. The molecule has 0 aromatic carbocycles. The molecule has 0 aromatic rings. The van der Waals surface area contributed by atoms with Crippen molar-refractivity contribution in [1.82, 2.24) is 9.80 Å². The maximum absolute atomic E-state index is 7.65. The molecule has 80 valence electrons. The second-order valence-corrected chi connectivity index (χ2v) is 4.87. The summed E-state index contributed by atoms with van der Waals surface area (Å²) in [6.07, 6.45) is 5.23. The maximum atomic E-state index is 7.65. The molecule has 1 N–H and O–H groups in total. The first kappa shape index (κ1) is 9.97. The third kappa shape index (κ3) is 1.54. The molecule has 0 amide bonds. The number of fused-ring (bicyclic) bond motifs is 2. The first-order valence-electron chi connectivity index (χ1n) is 5.59. The molecule has 2 aliphatic rings. The van der Waals surface area contributed by atoms with E-state index in [1.54, 1.807) is 0 Å². The molecule has 2 aliphatic heterocycles. The second kappa shape index (κ2) is 3.54. The Kier molecular flexibility index (Phi) is 2.52. The summed E-state index contributed by atoms with van der Waals surface area (Å²) < 4.78 is 0. The Hall–Kier alpha value is -0.570. The highest BCUT2D eigenvalue weighted by molar-refractivity contribution is 5.76. The van der Waals surface area contributed by atoms with Gasteiger partial charge in [-0.2, -0.15) is 0 Å². The number of piperidine rings is 1. The zero-order chi connectivity index (χ0) is 10.3. The van der Waals surface area contributed by atoms with Crippen molar-refractivity contribution in [3.05, 3.63) is 0 Å². The van der Waals surface area contributed by atoms with Gasteiger partial charge in [-0.15, -0.1) is 0 Å². The summed E-state index contributed by atoms with van der Waals surface area (Å²) in [5.41, 5.74) is 0. The molecule has 0 aliphatic carbocycles. The van der Waals surface area contributed by atoms with Crippen molar-refractivity contribution in [3.8, 4) is 0 Å². The lowest BCUT2D eigenvalue weighted by atomic mass is 9.97.